The van der Waals surface area contributed by atoms with Crippen LogP contribution in [0.4, 0.5) is 74.6 Å². The zero-order valence-corrected chi connectivity index (χ0v) is 21.7. The van der Waals surface area contributed by atoms with Crippen molar-refractivity contribution in [1.82, 2.24) is 0 Å². The largest absolute Gasteiger partial charge is 0.486 e. The maximum absolute atomic E-state index is 14.5. The lowest BCUT2D eigenvalue weighted by atomic mass is 9.91. The van der Waals surface area contributed by atoms with Crippen LogP contribution in [-0.4, -0.2) is 71.5 Å². The highest BCUT2D eigenvalue weighted by Gasteiger charge is 2.97. The van der Waals surface area contributed by atoms with Gasteiger partial charge >= 0.3 is 57.1 Å². The number of fused-ring (bicyclic) bond motifs is 1. The Morgan fingerprint density at radius 3 is 1.36 bits per heavy atom. The third-order valence-corrected chi connectivity index (χ3v) is 10.2. The number of hydrogen-bond donors (Lipinski definition) is 0. The van der Waals surface area contributed by atoms with E-state index in [1.54, 1.807) is 0 Å². The highest BCUT2D eigenvalue weighted by Crippen LogP contribution is 2.65. The van der Waals surface area contributed by atoms with Crippen LogP contribution >= 0.6 is 10.3 Å². The molecule has 3 nitrogen and oxygen atoms in total. The molecule has 0 saturated carbocycles. The molecule has 0 aliphatic heterocycles. The predicted molar refractivity (Wildman–Crippen MR) is 114 cm³/mol. The molecular weight excluding hydrogens is 675 g/mol. The molecule has 0 aliphatic carbocycles. The molecule has 0 fully saturated rings. The first kappa shape index (κ1) is 36.0. The summed E-state index contributed by atoms with van der Waals surface area (Å²) in [5.74, 6) is -51.9. The van der Waals surface area contributed by atoms with Crippen molar-refractivity contribution in [2.75, 3.05) is 12.5 Å². The summed E-state index contributed by atoms with van der Waals surface area (Å²) in [5.41, 5.74) is 0. The van der Waals surface area contributed by atoms with Crippen molar-refractivity contribution < 1.29 is 86.7 Å². The first-order chi connectivity index (χ1) is 18.3. The van der Waals surface area contributed by atoms with Crippen molar-refractivity contribution in [2.45, 2.75) is 51.9 Å². The second-order valence-corrected chi connectivity index (χ2v) is 13.8. The molecule has 1 N–H and O–H groups in total. The monoisotopic (exact) mass is 689 g/mol. The molecule has 2 aromatic carbocycles. The van der Waals surface area contributed by atoms with Gasteiger partial charge in [0.15, 0.2) is 0 Å². The number of hydrogen-bond acceptors (Lipinski definition) is 2. The van der Waals surface area contributed by atoms with Crippen LogP contribution in [0.1, 0.15) is 0 Å². The smallest absolute Gasteiger partial charge is 0.264 e. The van der Waals surface area contributed by atoms with Gasteiger partial charge in [-0.1, -0.05) is 36.4 Å². The second kappa shape index (κ2) is 9.89. The molecule has 0 radical (unpaired) electrons. The van der Waals surface area contributed by atoms with Crippen LogP contribution in [0.25, 0.3) is 10.8 Å². The van der Waals surface area contributed by atoms with Crippen LogP contribution in [-0.2, 0) is 10.1 Å². The normalized spacial score (nSPS) is 16.2. The van der Waals surface area contributed by atoms with E-state index in [1.165, 1.54) is 30.3 Å². The third kappa shape index (κ3) is 4.84. The highest BCUT2D eigenvalue weighted by atomic mass is 32.3. The molecule has 0 bridgehead atoms. The lowest BCUT2D eigenvalue weighted by molar-refractivity contribution is -0.458. The van der Waals surface area contributed by atoms with E-state index >= 15 is 0 Å². The van der Waals surface area contributed by atoms with Gasteiger partial charge in [0.1, 0.15) is 0 Å². The predicted octanol–water partition coefficient (Wildman–Crippen LogP) is 8.57. The van der Waals surface area contributed by atoms with Gasteiger partial charge in [0.25, 0.3) is 0 Å². The molecule has 0 aromatic heterocycles. The zero-order chi connectivity index (χ0) is 33.4. The van der Waals surface area contributed by atoms with Crippen LogP contribution in [0.2, 0.25) is 0 Å². The van der Waals surface area contributed by atoms with E-state index in [2.05, 4.69) is 3.63 Å². The number of benzene rings is 2. The van der Waals surface area contributed by atoms with Gasteiger partial charge in [-0.05, 0) is 11.5 Å². The van der Waals surface area contributed by atoms with Crippen LogP contribution in [0.5, 0.6) is 0 Å². The molecule has 42 heavy (non-hydrogen) atoms. The van der Waals surface area contributed by atoms with E-state index in [0.29, 0.717) is 12.5 Å². The van der Waals surface area contributed by atoms with Gasteiger partial charge in [0.2, 0.25) is 0 Å². The zero-order valence-electron chi connectivity index (χ0n) is 20.0. The fourth-order valence-electron chi connectivity index (χ4n) is 3.28. The Bertz CT molecular complexity index is 1430. The number of rotatable bonds is 10. The Morgan fingerprint density at radius 1 is 0.524 bits per heavy atom. The van der Waals surface area contributed by atoms with E-state index in [1.807, 2.05) is 0 Å². The fraction of sp³-hybridized carbons (Fsp3) is 0.500. The van der Waals surface area contributed by atoms with Gasteiger partial charge in [-0.2, -0.15) is 74.6 Å². The second-order valence-electron chi connectivity index (χ2n) is 8.76. The van der Waals surface area contributed by atoms with Gasteiger partial charge in [0, 0.05) is 28.2 Å². The van der Waals surface area contributed by atoms with Crippen LogP contribution in [0, 0.1) is 0 Å². The maximum Gasteiger partial charge on any atom is 0.486 e. The fourth-order valence-corrected chi connectivity index (χ4v) is 7.52. The molecule has 0 saturated heterocycles. The Balaban J connectivity index is 2.65. The Labute approximate surface area is 225 Å². The quantitative estimate of drug-likeness (QED) is 0.143. The standard InChI is InChI=1S/C20H13F17O3S2/c1-41(2,12-9-5-7-10-6-3-4-8-11(10)12)40-42(38,39)20(36,37)18(31,32)16(27,28)14(23,24)13(21,22)15(25,26)17(29,30)19(33,34)35/h3-9H,1-2H3/p+1. The molecule has 2 rings (SSSR count). The Hall–Kier alpha value is -2.23. The van der Waals surface area contributed by atoms with E-state index in [-0.39, 0.29) is 15.7 Å². The van der Waals surface area contributed by atoms with Crippen molar-refractivity contribution in [3.63, 3.8) is 0 Å². The molecule has 242 valence electrons. The average molecular weight is 689 g/mol. The molecule has 0 atom stereocenters. The molecule has 22 heteroatoms. The molecule has 0 aliphatic rings. The molecule has 0 heterocycles. The summed E-state index contributed by atoms with van der Waals surface area (Å²) in [6.07, 6.45) is -6.53. The van der Waals surface area contributed by atoms with Crippen molar-refractivity contribution in [3.05, 3.63) is 42.5 Å². The van der Waals surface area contributed by atoms with Gasteiger partial charge in [0.05, 0.1) is 4.90 Å². The van der Waals surface area contributed by atoms with E-state index in [0.717, 1.165) is 12.1 Å². The first-order valence-corrected chi connectivity index (χ1v) is 14.1. The molecular formula is C20H14F17O3S2+. The molecule has 0 spiro atoms. The minimum atomic E-state index is -8.89. The number of alkyl halides is 17. The number of halogens is 17. The summed E-state index contributed by atoms with van der Waals surface area (Å²) >= 11 is 0. The van der Waals surface area contributed by atoms with Crippen LogP contribution < -0.4 is 0 Å². The molecule has 0 amide bonds. The minimum Gasteiger partial charge on any atom is -0.264 e. The van der Waals surface area contributed by atoms with E-state index < -0.39 is 67.4 Å². The van der Waals surface area contributed by atoms with Crippen LogP contribution in [0.15, 0.2) is 47.4 Å². The summed E-state index contributed by atoms with van der Waals surface area (Å²) in [6, 6.07) is 8.85. The highest BCUT2D eigenvalue weighted by molar-refractivity contribution is 8.31. The van der Waals surface area contributed by atoms with E-state index in [4.69, 9.17) is 0 Å². The summed E-state index contributed by atoms with van der Waals surface area (Å²) in [7, 11) is -11.3. The molecule has 0 unspecified atom stereocenters. The Morgan fingerprint density at radius 2 is 0.905 bits per heavy atom. The maximum atomic E-state index is 14.5. The average Bonchev–Trinajstić information content (AvgIpc) is 2.81. The van der Waals surface area contributed by atoms with Crippen molar-refractivity contribution >= 4 is 31.2 Å². The topological polar surface area (TPSA) is 46.9 Å². The van der Waals surface area contributed by atoms with Gasteiger partial charge in [-0.15, -0.1) is 8.42 Å². The summed E-state index contributed by atoms with van der Waals surface area (Å²) in [6.45, 7) is 0. The summed E-state index contributed by atoms with van der Waals surface area (Å²) in [5, 5.41) is -7.40. The Kier molecular flexibility index (Phi) is 8.47. The lowest BCUT2D eigenvalue weighted by Crippen LogP contribution is -2.75. The van der Waals surface area contributed by atoms with Gasteiger partial charge < -0.3 is 0 Å². The van der Waals surface area contributed by atoms with Crippen molar-refractivity contribution in [3.8, 4) is 0 Å². The summed E-state index contributed by atoms with van der Waals surface area (Å²) < 4.78 is 256. The molecule has 2 aromatic rings. The van der Waals surface area contributed by atoms with Gasteiger partial charge in [-0.3, -0.25) is 3.63 Å². The SMILES string of the molecule is CS(C)([OH+]S(=O)(=O)C(F)(F)C(F)(F)C(F)(F)C(F)(F)C(F)(F)C(F)(F)C(F)(F)C(F)(F)F)c1cccc2ccccc12. The van der Waals surface area contributed by atoms with Crippen molar-refractivity contribution in [2.24, 2.45) is 0 Å². The van der Waals surface area contributed by atoms with Crippen molar-refractivity contribution in [1.29, 1.82) is 0 Å². The van der Waals surface area contributed by atoms with E-state index in [9.17, 15) is 83.1 Å². The lowest BCUT2D eigenvalue weighted by Gasteiger charge is -2.42. The van der Waals surface area contributed by atoms with Crippen LogP contribution in [0.3, 0.4) is 0 Å². The van der Waals surface area contributed by atoms with Gasteiger partial charge in [-0.25, -0.2) is 0 Å². The summed E-state index contributed by atoms with van der Waals surface area (Å²) in [4.78, 5) is -0.319. The third-order valence-electron chi connectivity index (χ3n) is 5.59. The minimum absolute atomic E-state index is 0.0263. The first-order valence-electron chi connectivity index (χ1n) is 10.2.